The Bertz CT molecular complexity index is 3190. The van der Waals surface area contributed by atoms with Gasteiger partial charge in [-0.05, 0) is 80.9 Å². The van der Waals surface area contributed by atoms with Crippen LogP contribution in [0.5, 0.6) is 0 Å². The van der Waals surface area contributed by atoms with E-state index < -0.39 is 10.8 Å². The van der Waals surface area contributed by atoms with Gasteiger partial charge in [-0.15, -0.1) is 0 Å². The Balaban J connectivity index is 1.14. The van der Waals surface area contributed by atoms with Crippen LogP contribution >= 0.6 is 23.2 Å². The number of fused-ring (bicyclic) bond motifs is 10. The van der Waals surface area contributed by atoms with E-state index in [0.717, 1.165) is 100 Å². The van der Waals surface area contributed by atoms with E-state index in [0.29, 0.717) is 10.0 Å². The van der Waals surface area contributed by atoms with Crippen molar-refractivity contribution in [2.45, 2.75) is 10.8 Å². The van der Waals surface area contributed by atoms with E-state index in [1.807, 2.05) is 30.3 Å². The van der Waals surface area contributed by atoms with E-state index in [-0.39, 0.29) is 0 Å². The van der Waals surface area contributed by atoms with Crippen LogP contribution in [0.25, 0.3) is 55.7 Å². The summed E-state index contributed by atoms with van der Waals surface area (Å²) >= 11 is 14.0. The fourth-order valence-electron chi connectivity index (χ4n) is 10.4. The molecule has 58 heavy (non-hydrogen) atoms. The summed E-state index contributed by atoms with van der Waals surface area (Å²) in [5.41, 5.74) is 13.6. The number of para-hydroxylation sites is 2. The van der Waals surface area contributed by atoms with Crippen molar-refractivity contribution in [2.24, 2.45) is 0 Å². The van der Waals surface area contributed by atoms with Crippen LogP contribution in [0.15, 0.2) is 203 Å². The van der Waals surface area contributed by atoms with Crippen LogP contribution in [-0.4, -0.2) is 0 Å². The van der Waals surface area contributed by atoms with Gasteiger partial charge in [-0.25, -0.2) is 0 Å². The van der Waals surface area contributed by atoms with Gasteiger partial charge in [0.1, 0.15) is 22.7 Å². The first kappa shape index (κ1) is 33.5. The van der Waals surface area contributed by atoms with E-state index in [2.05, 4.69) is 164 Å². The molecule has 0 amide bonds. The summed E-state index contributed by atoms with van der Waals surface area (Å²) in [6, 6.07) is 68.5. The van der Waals surface area contributed by atoms with Crippen molar-refractivity contribution >= 4 is 45.1 Å². The highest BCUT2D eigenvalue weighted by atomic mass is 35.5. The molecule has 274 valence electrons. The zero-order chi connectivity index (χ0) is 38.6. The lowest BCUT2D eigenvalue weighted by atomic mass is 9.67. The van der Waals surface area contributed by atoms with Crippen LogP contribution in [0.1, 0.15) is 44.5 Å². The molecule has 0 saturated carbocycles. The number of hydrogen-bond donors (Lipinski definition) is 0. The van der Waals surface area contributed by atoms with Gasteiger partial charge in [0.2, 0.25) is 0 Å². The first-order valence-electron chi connectivity index (χ1n) is 19.5. The van der Waals surface area contributed by atoms with Gasteiger partial charge in [0.15, 0.2) is 0 Å². The highest BCUT2D eigenvalue weighted by Crippen LogP contribution is 2.63. The van der Waals surface area contributed by atoms with E-state index in [4.69, 9.17) is 32.0 Å². The molecule has 2 aromatic heterocycles. The molecular formula is C54H32Cl2O2. The third-order valence-corrected chi connectivity index (χ3v) is 13.0. The van der Waals surface area contributed by atoms with E-state index in [1.165, 1.54) is 0 Å². The molecule has 8 aromatic carbocycles. The molecular weight excluding hydrogens is 751 g/mol. The smallest absolute Gasteiger partial charge is 0.141 e. The number of hydrogen-bond acceptors (Lipinski definition) is 2. The third kappa shape index (κ3) is 4.39. The first-order valence-corrected chi connectivity index (χ1v) is 20.3. The number of benzene rings is 8. The first-order chi connectivity index (χ1) is 28.6. The second kappa shape index (κ2) is 12.5. The van der Waals surface area contributed by atoms with Crippen LogP contribution in [-0.2, 0) is 10.8 Å². The zero-order valence-corrected chi connectivity index (χ0v) is 32.6. The van der Waals surface area contributed by atoms with E-state index in [9.17, 15) is 0 Å². The standard InChI is InChI=1S/C54H32Cl2O2/c55-38-28-29-44-43(30-38)51-49(40-20-10-12-22-46(40)57-51)53(44,34-14-4-1-5-15-34)37-26-24-33(25-27-37)42-31-39(56)32-45-48(42)52-50(41-21-11-13-23-47(41)58-52)54(45,35-16-6-2-7-17-35)36-18-8-3-9-19-36/h1-32H. The SMILES string of the molecule is Clc1ccc2c(c1)-c1oc3ccccc3c1C2(c1ccccc1)c1ccc(-c2cc(Cl)cc3c2-c2oc4ccccc4c2C3(c2ccccc2)c2ccccc2)cc1. The number of furan rings is 2. The van der Waals surface area contributed by atoms with Crippen molar-refractivity contribution in [2.75, 3.05) is 0 Å². The van der Waals surface area contributed by atoms with Crippen molar-refractivity contribution in [1.29, 1.82) is 0 Å². The van der Waals surface area contributed by atoms with Crippen LogP contribution in [0, 0.1) is 0 Å². The van der Waals surface area contributed by atoms with Crippen LogP contribution in [0.3, 0.4) is 0 Å². The minimum Gasteiger partial charge on any atom is -0.456 e. The van der Waals surface area contributed by atoms with Gasteiger partial charge in [0.25, 0.3) is 0 Å². The quantitative estimate of drug-likeness (QED) is 0.174. The molecule has 2 nitrogen and oxygen atoms in total. The average Bonchev–Trinajstić information content (AvgIpc) is 4.00. The molecule has 2 heterocycles. The minimum absolute atomic E-state index is 0.667. The van der Waals surface area contributed by atoms with Gasteiger partial charge in [-0.2, -0.15) is 0 Å². The Morgan fingerprint density at radius 2 is 0.828 bits per heavy atom. The maximum Gasteiger partial charge on any atom is 0.141 e. The average molecular weight is 784 g/mol. The Kier molecular flexibility index (Phi) is 7.21. The number of halogens is 2. The fourth-order valence-corrected chi connectivity index (χ4v) is 10.8. The summed E-state index contributed by atoms with van der Waals surface area (Å²) in [6.45, 7) is 0. The molecule has 2 aliphatic rings. The maximum absolute atomic E-state index is 7.26. The van der Waals surface area contributed by atoms with Crippen molar-refractivity contribution in [3.8, 4) is 33.8 Å². The Morgan fingerprint density at radius 1 is 0.362 bits per heavy atom. The normalized spacial score (nSPS) is 16.0. The molecule has 0 spiro atoms. The zero-order valence-electron chi connectivity index (χ0n) is 31.0. The summed E-state index contributed by atoms with van der Waals surface area (Å²) in [6.07, 6.45) is 0. The van der Waals surface area contributed by atoms with Gasteiger partial charge in [0, 0.05) is 43.1 Å². The van der Waals surface area contributed by atoms with E-state index in [1.54, 1.807) is 0 Å². The molecule has 12 rings (SSSR count). The summed E-state index contributed by atoms with van der Waals surface area (Å²) < 4.78 is 13.7. The summed E-state index contributed by atoms with van der Waals surface area (Å²) in [5, 5.41) is 3.51. The number of rotatable bonds is 5. The van der Waals surface area contributed by atoms with Gasteiger partial charge < -0.3 is 8.83 Å². The lowest BCUT2D eigenvalue weighted by molar-refractivity contribution is 0.628. The Morgan fingerprint density at radius 3 is 1.41 bits per heavy atom. The molecule has 0 aliphatic heterocycles. The van der Waals surface area contributed by atoms with Gasteiger partial charge in [-0.3, -0.25) is 0 Å². The largest absolute Gasteiger partial charge is 0.456 e. The predicted molar refractivity (Wildman–Crippen MR) is 236 cm³/mol. The van der Waals surface area contributed by atoms with Crippen LogP contribution in [0.2, 0.25) is 10.0 Å². The fraction of sp³-hybridized carbons (Fsp3) is 0.0370. The summed E-state index contributed by atoms with van der Waals surface area (Å²) in [5.74, 6) is 1.73. The molecule has 4 heteroatoms. The monoisotopic (exact) mass is 782 g/mol. The second-order valence-corrected chi connectivity index (χ2v) is 16.2. The van der Waals surface area contributed by atoms with Gasteiger partial charge in [0.05, 0.1) is 10.8 Å². The molecule has 0 fully saturated rings. The topological polar surface area (TPSA) is 26.3 Å². The summed E-state index contributed by atoms with van der Waals surface area (Å²) in [4.78, 5) is 0. The molecule has 0 bridgehead atoms. The molecule has 2 aliphatic carbocycles. The third-order valence-electron chi connectivity index (χ3n) is 12.6. The van der Waals surface area contributed by atoms with Gasteiger partial charge in [-0.1, -0.05) is 181 Å². The Hall–Kier alpha value is -6.58. The molecule has 0 saturated heterocycles. The molecule has 0 radical (unpaired) electrons. The van der Waals surface area contributed by atoms with Crippen molar-refractivity contribution in [3.05, 3.63) is 249 Å². The summed E-state index contributed by atoms with van der Waals surface area (Å²) in [7, 11) is 0. The molecule has 1 unspecified atom stereocenters. The van der Waals surface area contributed by atoms with Crippen LogP contribution in [0.4, 0.5) is 0 Å². The maximum atomic E-state index is 7.26. The highest BCUT2D eigenvalue weighted by molar-refractivity contribution is 6.31. The van der Waals surface area contributed by atoms with Crippen molar-refractivity contribution in [1.82, 2.24) is 0 Å². The van der Waals surface area contributed by atoms with Crippen LogP contribution < -0.4 is 0 Å². The molecule has 0 N–H and O–H groups in total. The lowest BCUT2D eigenvalue weighted by Crippen LogP contribution is -2.28. The highest BCUT2D eigenvalue weighted by Gasteiger charge is 2.52. The minimum atomic E-state index is -0.676. The van der Waals surface area contributed by atoms with E-state index >= 15 is 0 Å². The molecule has 10 aromatic rings. The van der Waals surface area contributed by atoms with Crippen molar-refractivity contribution in [3.63, 3.8) is 0 Å². The lowest BCUT2D eigenvalue weighted by Gasteiger charge is -2.34. The van der Waals surface area contributed by atoms with Crippen molar-refractivity contribution < 1.29 is 8.83 Å². The Labute approximate surface area is 345 Å². The second-order valence-electron chi connectivity index (χ2n) is 15.3. The van der Waals surface area contributed by atoms with Gasteiger partial charge >= 0.3 is 0 Å². The molecule has 1 atom stereocenters. The predicted octanol–water partition coefficient (Wildman–Crippen LogP) is 14.9.